The van der Waals surface area contributed by atoms with E-state index in [1.807, 2.05) is 40.9 Å². The molecule has 154 valence electrons. The van der Waals surface area contributed by atoms with Gasteiger partial charge in [0.2, 0.25) is 0 Å². The first-order chi connectivity index (χ1) is 14.2. The second-order valence-electron chi connectivity index (χ2n) is 7.52. The third kappa shape index (κ3) is 3.45. The number of aromatic nitrogens is 5. The molecule has 4 aromatic rings. The van der Waals surface area contributed by atoms with Gasteiger partial charge < -0.3 is 5.32 Å². The Balaban J connectivity index is 1.76. The highest BCUT2D eigenvalue weighted by Crippen LogP contribution is 2.26. The zero-order valence-corrected chi connectivity index (χ0v) is 17.6. The van der Waals surface area contributed by atoms with E-state index >= 15 is 0 Å². The fourth-order valence-electron chi connectivity index (χ4n) is 3.75. The van der Waals surface area contributed by atoms with E-state index in [0.29, 0.717) is 33.7 Å². The molecule has 30 heavy (non-hydrogen) atoms. The average molecular weight is 406 g/mol. The van der Waals surface area contributed by atoms with Crippen LogP contribution in [0, 0.1) is 26.6 Å². The van der Waals surface area contributed by atoms with Crippen molar-refractivity contribution in [1.82, 2.24) is 29.9 Å². The normalized spacial score (nSPS) is 12.3. The molecule has 0 aliphatic rings. The molecule has 0 fully saturated rings. The maximum atomic E-state index is 13.3. The molecule has 7 nitrogen and oxygen atoms in total. The number of nitrogens with zero attached hydrogens (tertiary/aromatic N) is 5. The van der Waals surface area contributed by atoms with Crippen LogP contribution in [0.5, 0.6) is 0 Å². The molecule has 0 saturated heterocycles. The number of fused-ring (bicyclic) bond motifs is 1. The molecule has 0 aliphatic carbocycles. The van der Waals surface area contributed by atoms with Crippen LogP contribution in [-0.4, -0.2) is 30.5 Å². The van der Waals surface area contributed by atoms with Gasteiger partial charge in [-0.05, 0) is 58.0 Å². The molecule has 1 amide bonds. The molecule has 0 saturated carbocycles. The number of rotatable bonds is 4. The van der Waals surface area contributed by atoms with Gasteiger partial charge in [-0.3, -0.25) is 9.48 Å². The van der Waals surface area contributed by atoms with Crippen molar-refractivity contribution in [2.24, 2.45) is 7.05 Å². The van der Waals surface area contributed by atoms with Crippen molar-refractivity contribution in [3.63, 3.8) is 0 Å². The summed E-state index contributed by atoms with van der Waals surface area (Å²) in [6.45, 7) is 7.53. The first kappa shape index (κ1) is 19.8. The minimum absolute atomic E-state index is 0.206. The summed E-state index contributed by atoms with van der Waals surface area (Å²) < 4.78 is 16.7. The van der Waals surface area contributed by atoms with E-state index in [2.05, 4.69) is 20.5 Å². The molecular weight excluding hydrogens is 383 g/mol. The SMILES string of the molecule is Cc1cc(C(=O)N[C@@H](C)c2cn(C)nc2C)c2c(C)nn(-c3ccc(F)cc3)c2n1. The van der Waals surface area contributed by atoms with Crippen LogP contribution in [0.1, 0.15) is 46.0 Å². The van der Waals surface area contributed by atoms with E-state index < -0.39 is 0 Å². The Bertz CT molecular complexity index is 1260. The molecule has 0 radical (unpaired) electrons. The van der Waals surface area contributed by atoms with Gasteiger partial charge in [0.05, 0.1) is 34.1 Å². The van der Waals surface area contributed by atoms with E-state index in [1.165, 1.54) is 12.1 Å². The van der Waals surface area contributed by atoms with Crippen LogP contribution in [0.15, 0.2) is 36.5 Å². The van der Waals surface area contributed by atoms with Gasteiger partial charge in [0.15, 0.2) is 5.65 Å². The number of carbonyl (C=O) groups is 1. The van der Waals surface area contributed by atoms with Crippen molar-refractivity contribution in [2.45, 2.75) is 33.7 Å². The van der Waals surface area contributed by atoms with Crippen LogP contribution >= 0.6 is 0 Å². The largest absolute Gasteiger partial charge is 0.345 e. The van der Waals surface area contributed by atoms with Crippen molar-refractivity contribution < 1.29 is 9.18 Å². The zero-order chi connectivity index (χ0) is 21.6. The lowest BCUT2D eigenvalue weighted by Crippen LogP contribution is -2.27. The second-order valence-corrected chi connectivity index (χ2v) is 7.52. The van der Waals surface area contributed by atoms with Crippen molar-refractivity contribution in [3.8, 4) is 5.69 Å². The van der Waals surface area contributed by atoms with Gasteiger partial charge in [-0.2, -0.15) is 10.2 Å². The summed E-state index contributed by atoms with van der Waals surface area (Å²) in [4.78, 5) is 17.8. The van der Waals surface area contributed by atoms with Gasteiger partial charge in [0.1, 0.15) is 5.82 Å². The number of halogens is 1. The summed E-state index contributed by atoms with van der Waals surface area (Å²) in [5.74, 6) is -0.529. The monoisotopic (exact) mass is 406 g/mol. The first-order valence-corrected chi connectivity index (χ1v) is 9.68. The molecule has 0 bridgehead atoms. The summed E-state index contributed by atoms with van der Waals surface area (Å²) in [6.07, 6.45) is 1.91. The lowest BCUT2D eigenvalue weighted by Gasteiger charge is -2.14. The highest BCUT2D eigenvalue weighted by Gasteiger charge is 2.22. The third-order valence-corrected chi connectivity index (χ3v) is 5.12. The number of benzene rings is 1. The summed E-state index contributed by atoms with van der Waals surface area (Å²) in [7, 11) is 1.86. The summed E-state index contributed by atoms with van der Waals surface area (Å²) in [5, 5.41) is 12.7. The van der Waals surface area contributed by atoms with E-state index in [0.717, 1.165) is 11.3 Å². The Morgan fingerprint density at radius 2 is 1.80 bits per heavy atom. The van der Waals surface area contributed by atoms with Crippen LogP contribution in [0.2, 0.25) is 0 Å². The Labute approximate surface area is 173 Å². The van der Waals surface area contributed by atoms with Crippen LogP contribution in [0.25, 0.3) is 16.7 Å². The van der Waals surface area contributed by atoms with E-state index in [9.17, 15) is 9.18 Å². The van der Waals surface area contributed by atoms with Crippen molar-refractivity contribution >= 4 is 16.9 Å². The molecule has 1 atom stereocenters. The fraction of sp³-hybridized carbons (Fsp3) is 0.273. The lowest BCUT2D eigenvalue weighted by molar-refractivity contribution is 0.0941. The second kappa shape index (κ2) is 7.37. The average Bonchev–Trinajstić information content (AvgIpc) is 3.20. The number of nitrogens with one attached hydrogen (secondary N) is 1. The predicted molar refractivity (Wildman–Crippen MR) is 112 cm³/mol. The lowest BCUT2D eigenvalue weighted by atomic mass is 10.1. The maximum absolute atomic E-state index is 13.3. The summed E-state index contributed by atoms with van der Waals surface area (Å²) >= 11 is 0. The number of amides is 1. The Morgan fingerprint density at radius 3 is 2.43 bits per heavy atom. The summed E-state index contributed by atoms with van der Waals surface area (Å²) in [5.41, 5.74) is 4.97. The Morgan fingerprint density at radius 1 is 1.10 bits per heavy atom. The number of pyridine rings is 1. The van der Waals surface area contributed by atoms with E-state index in [-0.39, 0.29) is 17.8 Å². The first-order valence-electron chi connectivity index (χ1n) is 9.68. The minimum Gasteiger partial charge on any atom is -0.345 e. The molecular formula is C22H23FN6O. The predicted octanol–water partition coefficient (Wildman–Crippen LogP) is 3.71. The summed E-state index contributed by atoms with van der Waals surface area (Å²) in [6, 6.07) is 7.58. The van der Waals surface area contributed by atoms with Crippen LogP contribution in [0.3, 0.4) is 0 Å². The molecule has 0 unspecified atom stereocenters. The van der Waals surface area contributed by atoms with Gasteiger partial charge in [0.25, 0.3) is 5.91 Å². The van der Waals surface area contributed by atoms with Crippen molar-refractivity contribution in [3.05, 3.63) is 70.6 Å². The molecule has 0 spiro atoms. The van der Waals surface area contributed by atoms with Crippen molar-refractivity contribution in [1.29, 1.82) is 0 Å². The standard InChI is InChI=1S/C22H23FN6O/c1-12-10-18(22(30)25-13(2)19-11-28(5)26-14(19)3)20-15(4)27-29(21(20)24-12)17-8-6-16(23)7-9-17/h6-11,13H,1-5H3,(H,25,30)/t13-/m0/s1. The Hall–Kier alpha value is -3.55. The number of aryl methyl sites for hydroxylation is 4. The molecule has 8 heteroatoms. The van der Waals surface area contributed by atoms with E-state index in [4.69, 9.17) is 0 Å². The number of hydrogen-bond donors (Lipinski definition) is 1. The quantitative estimate of drug-likeness (QED) is 0.560. The van der Waals surface area contributed by atoms with Gasteiger partial charge >= 0.3 is 0 Å². The minimum atomic E-state index is -0.323. The van der Waals surface area contributed by atoms with Gasteiger partial charge in [-0.1, -0.05) is 0 Å². The van der Waals surface area contributed by atoms with E-state index in [1.54, 1.807) is 27.6 Å². The van der Waals surface area contributed by atoms with Gasteiger partial charge in [-0.15, -0.1) is 0 Å². The molecule has 3 aromatic heterocycles. The maximum Gasteiger partial charge on any atom is 0.252 e. The molecule has 1 aromatic carbocycles. The van der Waals surface area contributed by atoms with Crippen LogP contribution in [-0.2, 0) is 7.05 Å². The molecule has 1 N–H and O–H groups in total. The third-order valence-electron chi connectivity index (χ3n) is 5.12. The smallest absolute Gasteiger partial charge is 0.252 e. The number of hydrogen-bond acceptors (Lipinski definition) is 4. The highest BCUT2D eigenvalue weighted by molar-refractivity contribution is 6.07. The fourth-order valence-corrected chi connectivity index (χ4v) is 3.75. The van der Waals surface area contributed by atoms with Crippen LogP contribution in [0.4, 0.5) is 4.39 Å². The zero-order valence-electron chi connectivity index (χ0n) is 17.6. The topological polar surface area (TPSA) is 77.6 Å². The molecule has 0 aliphatic heterocycles. The molecule has 3 heterocycles. The van der Waals surface area contributed by atoms with Gasteiger partial charge in [-0.25, -0.2) is 14.1 Å². The highest BCUT2D eigenvalue weighted by atomic mass is 19.1. The number of carbonyl (C=O) groups excluding carboxylic acids is 1. The van der Waals surface area contributed by atoms with Crippen LogP contribution < -0.4 is 5.32 Å². The van der Waals surface area contributed by atoms with Gasteiger partial charge in [0, 0.05) is 24.5 Å². The van der Waals surface area contributed by atoms with Crippen molar-refractivity contribution in [2.75, 3.05) is 0 Å². The molecule has 4 rings (SSSR count). The Kier molecular flexibility index (Phi) is 4.85.